The number of benzene rings is 1. The average molecular weight is 327 g/mol. The Bertz CT molecular complexity index is 578. The van der Waals surface area contributed by atoms with Crippen LogP contribution in [0.3, 0.4) is 0 Å². The number of halogens is 3. The largest absolute Gasteiger partial charge is 0.491 e. The summed E-state index contributed by atoms with van der Waals surface area (Å²) < 4.78 is 49.6. The Kier molecular flexibility index (Phi) is 4.68. The second-order valence-electron chi connectivity index (χ2n) is 6.63. The van der Waals surface area contributed by atoms with Gasteiger partial charge in [0.25, 0.3) is 0 Å². The van der Waals surface area contributed by atoms with Gasteiger partial charge < -0.3 is 15.0 Å². The summed E-state index contributed by atoms with van der Waals surface area (Å²) in [7, 11) is -0.604. The van der Waals surface area contributed by atoms with Crippen LogP contribution in [0.25, 0.3) is 6.08 Å². The summed E-state index contributed by atoms with van der Waals surface area (Å²) in [5, 5.41) is 0. The molecule has 1 saturated heterocycles. The molecular formula is C16H21BF3NO2. The molecule has 1 aliphatic heterocycles. The Hall–Kier alpha value is -1.31. The molecule has 0 aromatic heterocycles. The summed E-state index contributed by atoms with van der Waals surface area (Å²) in [5.41, 5.74) is 5.40. The Morgan fingerprint density at radius 2 is 1.57 bits per heavy atom. The van der Waals surface area contributed by atoms with Gasteiger partial charge in [0.1, 0.15) is 0 Å². The van der Waals surface area contributed by atoms with E-state index in [1.165, 1.54) is 12.1 Å². The van der Waals surface area contributed by atoms with Crippen molar-refractivity contribution < 1.29 is 22.5 Å². The highest BCUT2D eigenvalue weighted by atomic mass is 19.4. The number of rotatable bonds is 3. The fourth-order valence-corrected chi connectivity index (χ4v) is 2.20. The van der Waals surface area contributed by atoms with Crippen molar-refractivity contribution in [3.8, 4) is 0 Å². The van der Waals surface area contributed by atoms with E-state index >= 15 is 0 Å². The second-order valence-corrected chi connectivity index (χ2v) is 6.63. The highest BCUT2D eigenvalue weighted by Gasteiger charge is 2.52. The molecule has 1 aromatic rings. The molecule has 0 atom stereocenters. The van der Waals surface area contributed by atoms with E-state index < -0.39 is 30.1 Å². The van der Waals surface area contributed by atoms with Gasteiger partial charge in [-0.25, -0.2) is 0 Å². The lowest BCUT2D eigenvalue weighted by molar-refractivity contribution is -0.137. The zero-order valence-electron chi connectivity index (χ0n) is 13.7. The topological polar surface area (TPSA) is 44.5 Å². The molecule has 1 heterocycles. The molecule has 23 heavy (non-hydrogen) atoms. The Labute approximate surface area is 134 Å². The fraction of sp³-hybridized carbons (Fsp3) is 0.500. The Balaban J connectivity index is 2.23. The van der Waals surface area contributed by atoms with Crippen LogP contribution in [-0.4, -0.2) is 24.9 Å². The molecule has 3 nitrogen and oxygen atoms in total. The van der Waals surface area contributed by atoms with Crippen molar-refractivity contribution in [1.82, 2.24) is 0 Å². The minimum Gasteiger partial charge on any atom is -0.400 e. The van der Waals surface area contributed by atoms with Crippen LogP contribution in [0.2, 0.25) is 0 Å². The molecule has 0 saturated carbocycles. The van der Waals surface area contributed by atoms with E-state index in [2.05, 4.69) is 0 Å². The monoisotopic (exact) mass is 327 g/mol. The van der Waals surface area contributed by atoms with Crippen molar-refractivity contribution >= 4 is 13.2 Å². The van der Waals surface area contributed by atoms with Gasteiger partial charge in [0, 0.05) is 6.54 Å². The van der Waals surface area contributed by atoms with E-state index in [4.69, 9.17) is 15.0 Å². The maximum Gasteiger partial charge on any atom is 0.491 e. The van der Waals surface area contributed by atoms with Gasteiger partial charge in [-0.1, -0.05) is 18.2 Å². The average Bonchev–Trinajstić information content (AvgIpc) is 2.64. The minimum absolute atomic E-state index is 0.192. The standard InChI is InChI=1S/C16H21BF3NO2/c1-14(2)15(3,4)23-17(22-14)13(10-21)9-11-5-7-12(8-6-11)16(18,19)20/h5-9H,10,21H2,1-4H3. The van der Waals surface area contributed by atoms with Crippen molar-refractivity contribution in [2.75, 3.05) is 6.54 Å². The van der Waals surface area contributed by atoms with Crippen molar-refractivity contribution in [3.63, 3.8) is 0 Å². The summed E-state index contributed by atoms with van der Waals surface area (Å²) >= 11 is 0. The summed E-state index contributed by atoms with van der Waals surface area (Å²) in [6.07, 6.45) is -2.63. The zero-order valence-corrected chi connectivity index (χ0v) is 13.7. The molecule has 7 heteroatoms. The third kappa shape index (κ3) is 3.79. The van der Waals surface area contributed by atoms with Crippen molar-refractivity contribution in [2.45, 2.75) is 45.1 Å². The maximum absolute atomic E-state index is 12.6. The van der Waals surface area contributed by atoms with Gasteiger partial charge in [-0.15, -0.1) is 0 Å². The fourth-order valence-electron chi connectivity index (χ4n) is 2.20. The summed E-state index contributed by atoms with van der Waals surface area (Å²) in [4.78, 5) is 0. The van der Waals surface area contributed by atoms with E-state index in [9.17, 15) is 13.2 Å². The van der Waals surface area contributed by atoms with Crippen LogP contribution >= 0.6 is 0 Å². The SMILES string of the molecule is CC1(C)OB(C(=Cc2ccc(C(F)(F)F)cc2)CN)OC1(C)C. The molecule has 0 spiro atoms. The van der Waals surface area contributed by atoms with Gasteiger partial charge in [-0.3, -0.25) is 0 Å². The van der Waals surface area contributed by atoms with Gasteiger partial charge in [-0.2, -0.15) is 13.2 Å². The lowest BCUT2D eigenvalue weighted by atomic mass is 9.77. The normalized spacial score (nSPS) is 20.9. The molecule has 1 fully saturated rings. The molecule has 0 unspecified atom stereocenters. The van der Waals surface area contributed by atoms with Gasteiger partial charge in [0.2, 0.25) is 0 Å². The minimum atomic E-state index is -4.34. The second kappa shape index (κ2) is 5.96. The van der Waals surface area contributed by atoms with Crippen LogP contribution in [0, 0.1) is 0 Å². The first-order chi connectivity index (χ1) is 10.5. The van der Waals surface area contributed by atoms with Crippen molar-refractivity contribution in [3.05, 3.63) is 40.9 Å². The first-order valence-corrected chi connectivity index (χ1v) is 7.40. The third-order valence-corrected chi connectivity index (χ3v) is 4.38. The summed E-state index contributed by atoms with van der Waals surface area (Å²) in [5.74, 6) is 0. The predicted molar refractivity (Wildman–Crippen MR) is 84.6 cm³/mol. The highest BCUT2D eigenvalue weighted by molar-refractivity contribution is 6.55. The van der Waals surface area contributed by atoms with Crippen LogP contribution in [0.15, 0.2) is 29.7 Å². The number of alkyl halides is 3. The highest BCUT2D eigenvalue weighted by Crippen LogP contribution is 2.38. The third-order valence-electron chi connectivity index (χ3n) is 4.38. The van der Waals surface area contributed by atoms with Gasteiger partial charge in [-0.05, 0) is 50.9 Å². The molecule has 1 aromatic carbocycles. The summed E-state index contributed by atoms with van der Waals surface area (Å²) in [6, 6.07) is 4.90. The molecular weight excluding hydrogens is 306 g/mol. The van der Waals surface area contributed by atoms with Crippen LogP contribution in [0.5, 0.6) is 0 Å². The number of nitrogens with two attached hydrogens (primary N) is 1. The molecule has 0 radical (unpaired) electrons. The van der Waals surface area contributed by atoms with Crippen LogP contribution in [0.4, 0.5) is 13.2 Å². The van der Waals surface area contributed by atoms with Gasteiger partial charge in [0.15, 0.2) is 0 Å². The van der Waals surface area contributed by atoms with Crippen LogP contribution in [-0.2, 0) is 15.5 Å². The van der Waals surface area contributed by atoms with Gasteiger partial charge >= 0.3 is 13.3 Å². The molecule has 2 N–H and O–H groups in total. The Morgan fingerprint density at radius 3 is 1.96 bits per heavy atom. The Morgan fingerprint density at radius 1 is 1.09 bits per heavy atom. The van der Waals surface area contributed by atoms with Crippen molar-refractivity contribution in [2.24, 2.45) is 5.73 Å². The maximum atomic E-state index is 12.6. The van der Waals surface area contributed by atoms with E-state index in [1.54, 1.807) is 6.08 Å². The number of hydrogen-bond acceptors (Lipinski definition) is 3. The first-order valence-electron chi connectivity index (χ1n) is 7.40. The lowest BCUT2D eigenvalue weighted by Crippen LogP contribution is -2.41. The summed E-state index contributed by atoms with van der Waals surface area (Å²) in [6.45, 7) is 7.91. The molecule has 1 aliphatic rings. The molecule has 0 amide bonds. The van der Waals surface area contributed by atoms with Crippen LogP contribution in [0.1, 0.15) is 38.8 Å². The zero-order chi connectivity index (χ0) is 17.5. The first kappa shape index (κ1) is 18.0. The molecule has 2 rings (SSSR count). The molecule has 126 valence electrons. The number of hydrogen-bond donors (Lipinski definition) is 1. The van der Waals surface area contributed by atoms with E-state index in [0.717, 1.165) is 12.1 Å². The predicted octanol–water partition coefficient (Wildman–Crippen LogP) is 3.68. The van der Waals surface area contributed by atoms with E-state index in [0.29, 0.717) is 11.0 Å². The smallest absolute Gasteiger partial charge is 0.400 e. The van der Waals surface area contributed by atoms with Gasteiger partial charge in [0.05, 0.1) is 16.8 Å². The van der Waals surface area contributed by atoms with E-state index in [1.807, 2.05) is 27.7 Å². The van der Waals surface area contributed by atoms with Crippen LogP contribution < -0.4 is 5.73 Å². The van der Waals surface area contributed by atoms with E-state index in [-0.39, 0.29) is 6.54 Å². The lowest BCUT2D eigenvalue weighted by Gasteiger charge is -2.32. The van der Waals surface area contributed by atoms with Crippen molar-refractivity contribution in [1.29, 1.82) is 0 Å². The molecule has 0 aliphatic carbocycles. The quantitative estimate of drug-likeness (QED) is 0.862. The molecule has 0 bridgehead atoms.